The molecule has 6 heteroatoms. The van der Waals surface area contributed by atoms with Gasteiger partial charge in [-0.1, -0.05) is 31.2 Å². The Kier molecular flexibility index (Phi) is 5.99. The van der Waals surface area contributed by atoms with Gasteiger partial charge in [0.2, 0.25) is 0 Å². The lowest BCUT2D eigenvalue weighted by atomic mass is 9.87. The summed E-state index contributed by atoms with van der Waals surface area (Å²) >= 11 is 0. The smallest absolute Gasteiger partial charge is 0.274 e. The summed E-state index contributed by atoms with van der Waals surface area (Å²) in [6.07, 6.45) is 4.92. The summed E-state index contributed by atoms with van der Waals surface area (Å²) in [4.78, 5) is 15.4. The van der Waals surface area contributed by atoms with Crippen LogP contribution in [-0.2, 0) is 25.8 Å². The topological polar surface area (TPSA) is 61.0 Å². The van der Waals surface area contributed by atoms with Crippen molar-refractivity contribution in [3.63, 3.8) is 0 Å². The number of aryl methyl sites for hydroxylation is 1. The van der Waals surface area contributed by atoms with Gasteiger partial charge in [-0.15, -0.1) is 12.4 Å². The number of carbonyl (C=O) groups is 1. The van der Waals surface area contributed by atoms with Crippen molar-refractivity contribution in [2.75, 3.05) is 13.1 Å². The Morgan fingerprint density at radius 3 is 2.88 bits per heavy atom. The summed E-state index contributed by atoms with van der Waals surface area (Å²) in [7, 11) is 0. The molecule has 1 aliphatic carbocycles. The van der Waals surface area contributed by atoms with Gasteiger partial charge in [-0.2, -0.15) is 5.10 Å². The third-order valence-electron chi connectivity index (χ3n) is 5.50. The summed E-state index contributed by atoms with van der Waals surface area (Å²) in [5, 5.41) is 10.8. The zero-order chi connectivity index (χ0) is 17.2. The summed E-state index contributed by atoms with van der Waals surface area (Å²) < 4.78 is 0. The van der Waals surface area contributed by atoms with Crippen molar-refractivity contribution in [1.29, 1.82) is 0 Å². The minimum atomic E-state index is 0. The molecule has 26 heavy (non-hydrogen) atoms. The highest BCUT2D eigenvalue weighted by molar-refractivity contribution is 5.94. The van der Waals surface area contributed by atoms with Crippen LogP contribution in [0.25, 0.3) is 0 Å². The molecular formula is C20H27ClN4O. The number of aromatic amines is 1. The van der Waals surface area contributed by atoms with E-state index in [1.54, 1.807) is 0 Å². The van der Waals surface area contributed by atoms with Crippen LogP contribution in [0.2, 0.25) is 0 Å². The zero-order valence-corrected chi connectivity index (χ0v) is 16.1. The Balaban J connectivity index is 0.00000196. The number of nitrogens with zero attached hydrogens (tertiary/aromatic N) is 2. The SMILES string of the molecule is CCCN(C(=O)c1n[nH]c2c1CNCC2)C1CCc2ccccc2C1.Cl. The zero-order valence-electron chi connectivity index (χ0n) is 15.3. The van der Waals surface area contributed by atoms with E-state index in [1.165, 1.54) is 11.1 Å². The van der Waals surface area contributed by atoms with E-state index in [-0.39, 0.29) is 24.4 Å². The normalized spacial score (nSPS) is 18.4. The molecule has 1 aromatic heterocycles. The Bertz CT molecular complexity index is 773. The Morgan fingerprint density at radius 2 is 2.08 bits per heavy atom. The van der Waals surface area contributed by atoms with Crippen molar-refractivity contribution in [3.05, 3.63) is 52.3 Å². The van der Waals surface area contributed by atoms with E-state index in [9.17, 15) is 4.79 Å². The maximum absolute atomic E-state index is 13.3. The van der Waals surface area contributed by atoms with Gasteiger partial charge < -0.3 is 10.2 Å². The molecule has 0 saturated carbocycles. The molecule has 2 aromatic rings. The summed E-state index contributed by atoms with van der Waals surface area (Å²) in [6.45, 7) is 4.61. The van der Waals surface area contributed by atoms with Crippen molar-refractivity contribution in [1.82, 2.24) is 20.4 Å². The van der Waals surface area contributed by atoms with Crippen molar-refractivity contribution >= 4 is 18.3 Å². The quantitative estimate of drug-likeness (QED) is 0.865. The third kappa shape index (κ3) is 3.51. The first-order valence-corrected chi connectivity index (χ1v) is 9.42. The number of amides is 1. The maximum atomic E-state index is 13.3. The van der Waals surface area contributed by atoms with E-state index in [1.807, 2.05) is 0 Å². The number of rotatable bonds is 4. The number of aromatic nitrogens is 2. The predicted molar refractivity (Wildman–Crippen MR) is 105 cm³/mol. The van der Waals surface area contributed by atoms with Gasteiger partial charge in [0, 0.05) is 43.4 Å². The Morgan fingerprint density at radius 1 is 1.27 bits per heavy atom. The summed E-state index contributed by atoms with van der Waals surface area (Å²) in [6, 6.07) is 8.90. The number of nitrogens with one attached hydrogen (secondary N) is 2. The average molecular weight is 375 g/mol. The molecule has 0 fully saturated rings. The van der Waals surface area contributed by atoms with Gasteiger partial charge in [0.15, 0.2) is 5.69 Å². The molecule has 5 nitrogen and oxygen atoms in total. The van der Waals surface area contributed by atoms with Crippen LogP contribution in [0, 0.1) is 0 Å². The minimum absolute atomic E-state index is 0. The molecule has 0 spiro atoms. The molecule has 1 atom stereocenters. The van der Waals surface area contributed by atoms with Crippen molar-refractivity contribution < 1.29 is 4.79 Å². The second-order valence-corrected chi connectivity index (χ2v) is 7.12. The van der Waals surface area contributed by atoms with Gasteiger partial charge in [0.05, 0.1) is 0 Å². The van der Waals surface area contributed by atoms with Crippen LogP contribution in [0.15, 0.2) is 24.3 Å². The highest BCUT2D eigenvalue weighted by Gasteiger charge is 2.31. The molecule has 0 bridgehead atoms. The lowest BCUT2D eigenvalue weighted by molar-refractivity contribution is 0.0654. The molecule has 1 unspecified atom stereocenters. The van der Waals surface area contributed by atoms with Gasteiger partial charge in [-0.3, -0.25) is 9.89 Å². The van der Waals surface area contributed by atoms with E-state index in [2.05, 4.69) is 51.6 Å². The van der Waals surface area contributed by atoms with Crippen molar-refractivity contribution in [3.8, 4) is 0 Å². The first-order valence-electron chi connectivity index (χ1n) is 9.42. The fourth-order valence-electron chi connectivity index (χ4n) is 4.17. The van der Waals surface area contributed by atoms with Gasteiger partial charge in [-0.25, -0.2) is 0 Å². The van der Waals surface area contributed by atoms with E-state index in [0.717, 1.165) is 63.0 Å². The van der Waals surface area contributed by atoms with Crippen LogP contribution in [-0.4, -0.2) is 40.1 Å². The average Bonchev–Trinajstić information content (AvgIpc) is 3.09. The van der Waals surface area contributed by atoms with E-state index < -0.39 is 0 Å². The molecule has 0 radical (unpaired) electrons. The second kappa shape index (κ2) is 8.23. The molecule has 4 rings (SSSR count). The first kappa shape index (κ1) is 18.9. The van der Waals surface area contributed by atoms with Gasteiger partial charge in [-0.05, 0) is 36.8 Å². The molecule has 0 saturated heterocycles. The van der Waals surface area contributed by atoms with Gasteiger partial charge in [0.25, 0.3) is 5.91 Å². The van der Waals surface area contributed by atoms with Crippen LogP contribution < -0.4 is 5.32 Å². The van der Waals surface area contributed by atoms with E-state index in [4.69, 9.17) is 0 Å². The largest absolute Gasteiger partial charge is 0.334 e. The number of hydrogen-bond donors (Lipinski definition) is 2. The number of halogens is 1. The second-order valence-electron chi connectivity index (χ2n) is 7.12. The molecule has 2 heterocycles. The lowest BCUT2D eigenvalue weighted by Crippen LogP contribution is -2.44. The molecule has 2 aliphatic rings. The van der Waals surface area contributed by atoms with Gasteiger partial charge >= 0.3 is 0 Å². The number of carbonyl (C=O) groups excluding carboxylic acids is 1. The number of H-pyrrole nitrogens is 1. The van der Waals surface area contributed by atoms with Crippen molar-refractivity contribution in [2.24, 2.45) is 0 Å². The standard InChI is InChI=1S/C20H26N4O.ClH/c1-2-11-24(16-8-7-14-5-3-4-6-15(14)12-16)20(25)19-17-13-21-10-9-18(17)22-23-19;/h3-6,16,21H,2,7-13H2,1H3,(H,22,23);1H. The van der Waals surface area contributed by atoms with Crippen LogP contribution in [0.5, 0.6) is 0 Å². The Labute approximate surface area is 161 Å². The highest BCUT2D eigenvalue weighted by Crippen LogP contribution is 2.26. The van der Waals surface area contributed by atoms with E-state index >= 15 is 0 Å². The molecule has 1 aliphatic heterocycles. The monoisotopic (exact) mass is 374 g/mol. The summed E-state index contributed by atoms with van der Waals surface area (Å²) in [5.41, 5.74) is 5.62. The van der Waals surface area contributed by atoms with Crippen LogP contribution in [0.1, 0.15) is 52.6 Å². The highest BCUT2D eigenvalue weighted by atomic mass is 35.5. The number of fused-ring (bicyclic) bond motifs is 2. The fourth-order valence-corrected chi connectivity index (χ4v) is 4.17. The molecule has 2 N–H and O–H groups in total. The summed E-state index contributed by atoms with van der Waals surface area (Å²) in [5.74, 6) is 0.0902. The molecule has 1 amide bonds. The van der Waals surface area contributed by atoms with E-state index in [0.29, 0.717) is 5.69 Å². The molecule has 1 aromatic carbocycles. The lowest BCUT2D eigenvalue weighted by Gasteiger charge is -2.35. The predicted octanol–water partition coefficient (Wildman–Crippen LogP) is 2.89. The molecule has 140 valence electrons. The number of benzene rings is 1. The molecular weight excluding hydrogens is 348 g/mol. The van der Waals surface area contributed by atoms with Crippen molar-refractivity contribution in [2.45, 2.75) is 51.6 Å². The number of hydrogen-bond acceptors (Lipinski definition) is 3. The van der Waals surface area contributed by atoms with Gasteiger partial charge in [0.1, 0.15) is 0 Å². The minimum Gasteiger partial charge on any atom is -0.334 e. The van der Waals surface area contributed by atoms with Crippen LogP contribution in [0.4, 0.5) is 0 Å². The maximum Gasteiger partial charge on any atom is 0.274 e. The van der Waals surface area contributed by atoms with Crippen LogP contribution in [0.3, 0.4) is 0 Å². The fraction of sp³-hybridized carbons (Fsp3) is 0.500. The first-order chi connectivity index (χ1) is 12.3. The third-order valence-corrected chi connectivity index (χ3v) is 5.50. The van der Waals surface area contributed by atoms with Crippen LogP contribution >= 0.6 is 12.4 Å². The Hall–Kier alpha value is -1.85.